The van der Waals surface area contributed by atoms with Gasteiger partial charge in [-0.3, -0.25) is 4.79 Å². The summed E-state index contributed by atoms with van der Waals surface area (Å²) >= 11 is 0. The lowest BCUT2D eigenvalue weighted by Crippen LogP contribution is -2.36. The number of hydrogen-bond donors (Lipinski definition) is 2. The van der Waals surface area contributed by atoms with Crippen LogP contribution >= 0.6 is 0 Å². The Bertz CT molecular complexity index is 141. The Labute approximate surface area is 70.5 Å². The highest BCUT2D eigenvalue weighted by molar-refractivity contribution is 5.78. The Kier molecular flexibility index (Phi) is 5.53. The zero-order chi connectivity index (χ0) is 9.56. The second-order valence-electron chi connectivity index (χ2n) is 2.59. The van der Waals surface area contributed by atoms with Crippen molar-refractivity contribution in [1.29, 1.82) is 0 Å². The van der Waals surface area contributed by atoms with E-state index in [0.29, 0.717) is 6.54 Å². The van der Waals surface area contributed by atoms with Crippen LogP contribution in [-0.2, 0) is 4.79 Å². The molecule has 1 atom stereocenters. The van der Waals surface area contributed by atoms with Gasteiger partial charge in [-0.15, -0.1) is 0 Å². The molecular formula is C7H14F2N2O. The summed E-state index contributed by atoms with van der Waals surface area (Å²) in [5.41, 5.74) is 0. The molecule has 0 saturated carbocycles. The maximum Gasteiger partial charge on any atom is 0.255 e. The van der Waals surface area contributed by atoms with E-state index in [9.17, 15) is 13.6 Å². The summed E-state index contributed by atoms with van der Waals surface area (Å²) in [6.07, 6.45) is -2.48. The highest BCUT2D eigenvalue weighted by atomic mass is 19.3. The summed E-state index contributed by atoms with van der Waals surface area (Å²) in [5.74, 6) is -0.613. The second kappa shape index (κ2) is 5.88. The van der Waals surface area contributed by atoms with E-state index in [1.54, 1.807) is 14.0 Å². The van der Waals surface area contributed by atoms with Crippen LogP contribution in [0.3, 0.4) is 0 Å². The molecule has 2 N–H and O–H groups in total. The lowest BCUT2D eigenvalue weighted by Gasteiger charge is -2.10. The van der Waals surface area contributed by atoms with Crippen molar-refractivity contribution in [1.82, 2.24) is 10.6 Å². The fourth-order valence-corrected chi connectivity index (χ4v) is 0.751. The quantitative estimate of drug-likeness (QED) is 0.635. The number of carbonyl (C=O) groups is 1. The number of carbonyl (C=O) groups excluding carboxylic acids is 1. The molecule has 0 radical (unpaired) electrons. The van der Waals surface area contributed by atoms with E-state index in [2.05, 4.69) is 10.6 Å². The Morgan fingerprint density at radius 2 is 2.00 bits per heavy atom. The molecule has 3 nitrogen and oxygen atoms in total. The van der Waals surface area contributed by atoms with E-state index in [1.165, 1.54) is 0 Å². The van der Waals surface area contributed by atoms with Gasteiger partial charge in [-0.2, -0.15) is 0 Å². The largest absolute Gasteiger partial charge is 0.350 e. The minimum absolute atomic E-state index is 0.270. The molecule has 0 bridgehead atoms. The first kappa shape index (κ1) is 11.3. The molecule has 1 unspecified atom stereocenters. The molecule has 5 heteroatoms. The fourth-order valence-electron chi connectivity index (χ4n) is 0.751. The van der Waals surface area contributed by atoms with Gasteiger partial charge in [0.1, 0.15) is 0 Å². The molecule has 1 amide bonds. The number of halogens is 2. The predicted molar refractivity (Wildman–Crippen MR) is 42.1 cm³/mol. The molecule has 0 aliphatic carbocycles. The molecule has 0 aromatic carbocycles. The second-order valence-corrected chi connectivity index (χ2v) is 2.59. The van der Waals surface area contributed by atoms with Crippen molar-refractivity contribution in [3.8, 4) is 0 Å². The van der Waals surface area contributed by atoms with Gasteiger partial charge in [0.05, 0.1) is 6.54 Å². The zero-order valence-electron chi connectivity index (χ0n) is 7.23. The molecule has 0 heterocycles. The maximum absolute atomic E-state index is 11.6. The van der Waals surface area contributed by atoms with Gasteiger partial charge in [0.25, 0.3) is 6.43 Å². The Balaban J connectivity index is 3.57. The molecule has 0 saturated heterocycles. The number of amides is 1. The Morgan fingerprint density at radius 3 is 2.42 bits per heavy atom. The van der Waals surface area contributed by atoms with Gasteiger partial charge in [0.2, 0.25) is 5.91 Å². The van der Waals surface area contributed by atoms with Crippen LogP contribution in [0.5, 0.6) is 0 Å². The third-order valence-corrected chi connectivity index (χ3v) is 1.39. The average Bonchev–Trinajstić information content (AvgIpc) is 2.00. The monoisotopic (exact) mass is 180 g/mol. The van der Waals surface area contributed by atoms with Crippen LogP contribution in [0.2, 0.25) is 0 Å². The van der Waals surface area contributed by atoms with Gasteiger partial charge in [-0.1, -0.05) is 6.92 Å². The van der Waals surface area contributed by atoms with Crippen molar-refractivity contribution in [2.24, 2.45) is 5.92 Å². The van der Waals surface area contributed by atoms with E-state index in [-0.39, 0.29) is 11.8 Å². The first-order valence-electron chi connectivity index (χ1n) is 3.78. The minimum Gasteiger partial charge on any atom is -0.350 e. The SMILES string of the molecule is CNCC(C)C(=O)NCC(F)F. The Hall–Kier alpha value is -0.710. The van der Waals surface area contributed by atoms with Crippen molar-refractivity contribution in [2.45, 2.75) is 13.3 Å². The van der Waals surface area contributed by atoms with Crippen molar-refractivity contribution in [3.05, 3.63) is 0 Å². The van der Waals surface area contributed by atoms with Crippen molar-refractivity contribution < 1.29 is 13.6 Å². The molecule has 0 aliphatic heterocycles. The molecule has 0 aliphatic rings. The number of alkyl halides is 2. The average molecular weight is 180 g/mol. The van der Waals surface area contributed by atoms with Crippen LogP contribution in [0, 0.1) is 5.92 Å². The summed E-state index contributed by atoms with van der Waals surface area (Å²) < 4.78 is 23.2. The maximum atomic E-state index is 11.6. The molecule has 72 valence electrons. The molecule has 12 heavy (non-hydrogen) atoms. The van der Waals surface area contributed by atoms with Crippen LogP contribution in [0.25, 0.3) is 0 Å². The molecule has 0 aromatic rings. The smallest absolute Gasteiger partial charge is 0.255 e. The van der Waals surface area contributed by atoms with Crippen LogP contribution in [-0.4, -0.2) is 32.5 Å². The van der Waals surface area contributed by atoms with E-state index in [0.717, 1.165) is 0 Å². The molecule has 0 aromatic heterocycles. The Morgan fingerprint density at radius 1 is 1.42 bits per heavy atom. The number of hydrogen-bond acceptors (Lipinski definition) is 2. The van der Waals surface area contributed by atoms with Crippen LogP contribution in [0.15, 0.2) is 0 Å². The van der Waals surface area contributed by atoms with Crippen LogP contribution < -0.4 is 10.6 Å². The topological polar surface area (TPSA) is 41.1 Å². The zero-order valence-corrected chi connectivity index (χ0v) is 7.23. The summed E-state index contributed by atoms with van der Waals surface area (Å²) in [6, 6.07) is 0. The fraction of sp³-hybridized carbons (Fsp3) is 0.857. The number of nitrogens with one attached hydrogen (secondary N) is 2. The summed E-state index contributed by atoms with van der Waals surface area (Å²) in [4.78, 5) is 11.0. The third-order valence-electron chi connectivity index (χ3n) is 1.39. The standard InChI is InChI=1S/C7H14F2N2O/c1-5(3-10-2)7(12)11-4-6(8)9/h5-6,10H,3-4H2,1-2H3,(H,11,12). The lowest BCUT2D eigenvalue weighted by molar-refractivity contribution is -0.125. The van der Waals surface area contributed by atoms with Gasteiger partial charge < -0.3 is 10.6 Å². The normalized spacial score (nSPS) is 13.1. The summed E-state index contributed by atoms with van der Waals surface area (Å²) in [5, 5.41) is 4.93. The van der Waals surface area contributed by atoms with Crippen molar-refractivity contribution in [3.63, 3.8) is 0 Å². The van der Waals surface area contributed by atoms with Gasteiger partial charge >= 0.3 is 0 Å². The molecule has 0 spiro atoms. The van der Waals surface area contributed by atoms with Gasteiger partial charge in [-0.25, -0.2) is 8.78 Å². The lowest BCUT2D eigenvalue weighted by atomic mass is 10.1. The molecule has 0 fully saturated rings. The minimum atomic E-state index is -2.48. The molecule has 0 rings (SSSR count). The predicted octanol–water partition coefficient (Wildman–Crippen LogP) is 0.223. The van der Waals surface area contributed by atoms with Crippen molar-refractivity contribution >= 4 is 5.91 Å². The van der Waals surface area contributed by atoms with E-state index < -0.39 is 13.0 Å². The third kappa shape index (κ3) is 5.01. The molecular weight excluding hydrogens is 166 g/mol. The summed E-state index contributed by atoms with van der Waals surface area (Å²) in [7, 11) is 1.71. The first-order valence-corrected chi connectivity index (χ1v) is 3.78. The van der Waals surface area contributed by atoms with E-state index >= 15 is 0 Å². The van der Waals surface area contributed by atoms with Gasteiger partial charge in [0.15, 0.2) is 0 Å². The van der Waals surface area contributed by atoms with Crippen LogP contribution in [0.4, 0.5) is 8.78 Å². The van der Waals surface area contributed by atoms with Gasteiger partial charge in [-0.05, 0) is 7.05 Å². The van der Waals surface area contributed by atoms with E-state index in [1.807, 2.05) is 0 Å². The van der Waals surface area contributed by atoms with Crippen LogP contribution in [0.1, 0.15) is 6.92 Å². The van der Waals surface area contributed by atoms with Crippen molar-refractivity contribution in [2.75, 3.05) is 20.1 Å². The highest BCUT2D eigenvalue weighted by Crippen LogP contribution is 1.93. The summed E-state index contributed by atoms with van der Waals surface area (Å²) in [6.45, 7) is 1.61. The van der Waals surface area contributed by atoms with Gasteiger partial charge in [0, 0.05) is 12.5 Å². The highest BCUT2D eigenvalue weighted by Gasteiger charge is 2.12. The number of rotatable bonds is 5. The first-order chi connectivity index (χ1) is 5.57. The van der Waals surface area contributed by atoms with E-state index in [4.69, 9.17) is 0 Å².